The highest BCUT2D eigenvalue weighted by Crippen LogP contribution is 2.33. The van der Waals surface area contributed by atoms with Crippen molar-refractivity contribution >= 4 is 26.0 Å². The Morgan fingerprint density at radius 3 is 2.56 bits per heavy atom. The van der Waals surface area contributed by atoms with E-state index >= 15 is 0 Å². The third-order valence-corrected chi connectivity index (χ3v) is 5.64. The number of halogens is 1. The number of nitrogens with zero attached hydrogens (tertiary/aromatic N) is 1. The lowest BCUT2D eigenvalue weighted by Crippen LogP contribution is -2.52. The van der Waals surface area contributed by atoms with Gasteiger partial charge in [-0.1, -0.05) is 6.07 Å². The van der Waals surface area contributed by atoms with Crippen LogP contribution in [0.5, 0.6) is 0 Å². The van der Waals surface area contributed by atoms with Crippen LogP contribution in [-0.4, -0.2) is 14.0 Å². The second-order valence-electron chi connectivity index (χ2n) is 4.59. The number of sulfonamides is 1. The van der Waals surface area contributed by atoms with Gasteiger partial charge in [-0.25, -0.2) is 8.42 Å². The molecule has 1 fully saturated rings. The van der Waals surface area contributed by atoms with Crippen LogP contribution in [0.3, 0.4) is 0 Å². The van der Waals surface area contributed by atoms with Crippen molar-refractivity contribution in [1.82, 2.24) is 4.72 Å². The van der Waals surface area contributed by atoms with Crippen molar-refractivity contribution < 1.29 is 8.42 Å². The van der Waals surface area contributed by atoms with Gasteiger partial charge in [0.2, 0.25) is 10.0 Å². The highest BCUT2D eigenvalue weighted by atomic mass is 79.9. The molecule has 6 heteroatoms. The Hall–Kier alpha value is -0.900. The Morgan fingerprint density at radius 2 is 2.11 bits per heavy atom. The van der Waals surface area contributed by atoms with E-state index in [-0.39, 0.29) is 4.90 Å². The molecule has 0 unspecified atom stereocenters. The first kappa shape index (κ1) is 13.5. The van der Waals surface area contributed by atoms with Crippen LogP contribution >= 0.6 is 15.9 Å². The lowest BCUT2D eigenvalue weighted by molar-refractivity contribution is 0.296. The molecule has 0 aliphatic heterocycles. The van der Waals surface area contributed by atoms with Gasteiger partial charge >= 0.3 is 0 Å². The van der Waals surface area contributed by atoms with E-state index in [1.54, 1.807) is 18.2 Å². The average Bonchev–Trinajstić information content (AvgIpc) is 2.23. The van der Waals surface area contributed by atoms with Crippen molar-refractivity contribution in [3.8, 4) is 6.07 Å². The second kappa shape index (κ2) is 4.65. The SMILES string of the molecule is Cc1ccc(S(=O)(=O)NC2(C#N)CCC2)c(Br)c1. The summed E-state index contributed by atoms with van der Waals surface area (Å²) >= 11 is 3.25. The summed E-state index contributed by atoms with van der Waals surface area (Å²) in [6, 6.07) is 7.09. The maximum Gasteiger partial charge on any atom is 0.243 e. The summed E-state index contributed by atoms with van der Waals surface area (Å²) in [5.74, 6) is 0. The zero-order valence-corrected chi connectivity index (χ0v) is 12.3. The molecule has 1 aliphatic carbocycles. The van der Waals surface area contributed by atoms with E-state index in [0.29, 0.717) is 17.3 Å². The summed E-state index contributed by atoms with van der Waals surface area (Å²) in [7, 11) is -3.66. The number of hydrogen-bond donors (Lipinski definition) is 1. The quantitative estimate of drug-likeness (QED) is 0.926. The molecule has 4 nitrogen and oxygen atoms in total. The highest BCUT2D eigenvalue weighted by molar-refractivity contribution is 9.10. The minimum absolute atomic E-state index is 0.176. The van der Waals surface area contributed by atoms with E-state index in [9.17, 15) is 8.42 Å². The lowest BCUT2D eigenvalue weighted by atomic mass is 9.79. The van der Waals surface area contributed by atoms with Gasteiger partial charge < -0.3 is 0 Å². The second-order valence-corrected chi connectivity index (χ2v) is 7.09. The molecule has 1 aliphatic rings. The molecular formula is C12H13BrN2O2S. The van der Waals surface area contributed by atoms with E-state index < -0.39 is 15.6 Å². The molecule has 0 bridgehead atoms. The summed E-state index contributed by atoms with van der Waals surface area (Å²) in [5, 5.41) is 9.07. The Morgan fingerprint density at radius 1 is 1.44 bits per heavy atom. The number of nitriles is 1. The molecule has 0 radical (unpaired) electrons. The van der Waals surface area contributed by atoms with Crippen LogP contribution in [0.1, 0.15) is 24.8 Å². The van der Waals surface area contributed by atoms with Crippen LogP contribution < -0.4 is 4.72 Å². The van der Waals surface area contributed by atoms with Crippen molar-refractivity contribution in [2.24, 2.45) is 0 Å². The van der Waals surface area contributed by atoms with Gasteiger partial charge in [-0.05, 0) is 59.8 Å². The molecule has 0 heterocycles. The van der Waals surface area contributed by atoms with Gasteiger partial charge in [0.1, 0.15) is 5.54 Å². The van der Waals surface area contributed by atoms with Crippen molar-refractivity contribution in [2.75, 3.05) is 0 Å². The summed E-state index contributed by atoms with van der Waals surface area (Å²) in [6.07, 6.45) is 2.03. The molecule has 18 heavy (non-hydrogen) atoms. The molecule has 1 saturated carbocycles. The van der Waals surface area contributed by atoms with Crippen LogP contribution in [0.2, 0.25) is 0 Å². The molecule has 2 rings (SSSR count). The lowest BCUT2D eigenvalue weighted by Gasteiger charge is -2.35. The van der Waals surface area contributed by atoms with Crippen molar-refractivity contribution in [3.63, 3.8) is 0 Å². The van der Waals surface area contributed by atoms with Gasteiger partial charge in [0.15, 0.2) is 0 Å². The van der Waals surface area contributed by atoms with Gasteiger partial charge in [-0.3, -0.25) is 0 Å². The van der Waals surface area contributed by atoms with Gasteiger partial charge in [-0.2, -0.15) is 9.98 Å². The monoisotopic (exact) mass is 328 g/mol. The van der Waals surface area contributed by atoms with Gasteiger partial charge in [0.05, 0.1) is 11.0 Å². The predicted molar refractivity (Wildman–Crippen MR) is 71.4 cm³/mol. The number of aryl methyl sites for hydroxylation is 1. The minimum Gasteiger partial charge on any atom is -0.207 e. The fraction of sp³-hybridized carbons (Fsp3) is 0.417. The van der Waals surface area contributed by atoms with Crippen LogP contribution in [0, 0.1) is 18.3 Å². The normalized spacial score (nSPS) is 17.8. The third-order valence-electron chi connectivity index (χ3n) is 3.13. The minimum atomic E-state index is -3.66. The maximum absolute atomic E-state index is 12.2. The first-order valence-electron chi connectivity index (χ1n) is 5.60. The Balaban J connectivity index is 2.34. The highest BCUT2D eigenvalue weighted by Gasteiger charge is 2.41. The van der Waals surface area contributed by atoms with E-state index in [0.717, 1.165) is 12.0 Å². The number of hydrogen-bond acceptors (Lipinski definition) is 3. The molecular weight excluding hydrogens is 316 g/mol. The Kier molecular flexibility index (Phi) is 3.49. The molecule has 1 N–H and O–H groups in total. The first-order valence-corrected chi connectivity index (χ1v) is 7.88. The number of rotatable bonds is 3. The molecule has 0 saturated heterocycles. The molecule has 1 aromatic rings. The van der Waals surface area contributed by atoms with E-state index in [2.05, 4.69) is 26.7 Å². The molecule has 0 spiro atoms. The average molecular weight is 329 g/mol. The zero-order chi connectivity index (χ0) is 13.4. The fourth-order valence-corrected chi connectivity index (χ4v) is 4.47. The third kappa shape index (κ3) is 2.44. The number of benzene rings is 1. The maximum atomic E-state index is 12.2. The smallest absolute Gasteiger partial charge is 0.207 e. The molecule has 1 aromatic carbocycles. The van der Waals surface area contributed by atoms with Crippen LogP contribution in [0.4, 0.5) is 0 Å². The summed E-state index contributed by atoms with van der Waals surface area (Å²) in [5.41, 5.74) is 0.0582. The number of nitrogens with one attached hydrogen (secondary N) is 1. The fourth-order valence-electron chi connectivity index (χ4n) is 1.90. The first-order chi connectivity index (χ1) is 8.38. The molecule has 96 valence electrons. The van der Waals surface area contributed by atoms with Gasteiger partial charge in [0.25, 0.3) is 0 Å². The van der Waals surface area contributed by atoms with E-state index in [1.807, 2.05) is 6.92 Å². The van der Waals surface area contributed by atoms with Gasteiger partial charge in [0, 0.05) is 4.47 Å². The summed E-state index contributed by atoms with van der Waals surface area (Å²) < 4.78 is 27.5. The summed E-state index contributed by atoms with van der Waals surface area (Å²) in [4.78, 5) is 0.176. The van der Waals surface area contributed by atoms with Crippen LogP contribution in [0.25, 0.3) is 0 Å². The molecule has 0 amide bonds. The van der Waals surface area contributed by atoms with Crippen molar-refractivity contribution in [1.29, 1.82) is 5.26 Å². The van der Waals surface area contributed by atoms with E-state index in [1.165, 1.54) is 0 Å². The molecule has 0 atom stereocenters. The van der Waals surface area contributed by atoms with Crippen LogP contribution in [0.15, 0.2) is 27.6 Å². The Bertz CT molecular complexity index is 615. The van der Waals surface area contributed by atoms with Crippen molar-refractivity contribution in [2.45, 2.75) is 36.6 Å². The van der Waals surface area contributed by atoms with Crippen LogP contribution in [-0.2, 0) is 10.0 Å². The molecule has 0 aromatic heterocycles. The predicted octanol–water partition coefficient (Wildman–Crippen LogP) is 2.48. The standard InChI is InChI=1S/C12H13BrN2O2S/c1-9-3-4-11(10(13)7-9)18(16,17)15-12(8-14)5-2-6-12/h3-4,7,15H,2,5-6H2,1H3. The zero-order valence-electron chi connectivity index (χ0n) is 9.90. The topological polar surface area (TPSA) is 70.0 Å². The van der Waals surface area contributed by atoms with Crippen molar-refractivity contribution in [3.05, 3.63) is 28.2 Å². The summed E-state index contributed by atoms with van der Waals surface area (Å²) in [6.45, 7) is 1.89. The van der Waals surface area contributed by atoms with Gasteiger partial charge in [-0.15, -0.1) is 0 Å². The largest absolute Gasteiger partial charge is 0.243 e. The van der Waals surface area contributed by atoms with E-state index in [4.69, 9.17) is 5.26 Å². The Labute approximate surface area is 115 Å².